The number of halogens is 3. The third-order valence-corrected chi connectivity index (χ3v) is 3.95. The molecule has 3 aromatic heterocycles. The molecule has 148 valence electrons. The predicted octanol–water partition coefficient (Wildman–Crippen LogP) is -0.179. The van der Waals surface area contributed by atoms with Crippen LogP contribution in [0.3, 0.4) is 0 Å². The Bertz CT molecular complexity index is 1190. The molecule has 1 aliphatic carbocycles. The molecular weight excluding hydrogens is 381 g/mol. The van der Waals surface area contributed by atoms with Crippen LogP contribution < -0.4 is 21.8 Å². The van der Waals surface area contributed by atoms with E-state index >= 15 is 0 Å². The SMILES string of the molecule is O=c1[nH]c(O)c(/C=c2\cnn3c(=NC4CC4)nc(NCCC(F)(F)F)nc23)[nH]1. The van der Waals surface area contributed by atoms with Crippen LogP contribution in [0.1, 0.15) is 25.0 Å². The van der Waals surface area contributed by atoms with Crippen LogP contribution in [-0.4, -0.2) is 53.4 Å². The number of fused-ring (bicyclic) bond motifs is 1. The summed E-state index contributed by atoms with van der Waals surface area (Å²) >= 11 is 0. The highest BCUT2D eigenvalue weighted by molar-refractivity contribution is 5.57. The Kier molecular flexibility index (Phi) is 4.28. The zero-order valence-electron chi connectivity index (χ0n) is 14.3. The second-order valence-electron chi connectivity index (χ2n) is 6.32. The van der Waals surface area contributed by atoms with Crippen molar-refractivity contribution in [1.82, 2.24) is 29.5 Å². The third kappa shape index (κ3) is 3.97. The number of aromatic amines is 2. The molecule has 0 aromatic carbocycles. The molecule has 0 aliphatic heterocycles. The lowest BCUT2D eigenvalue weighted by Gasteiger charge is -2.07. The van der Waals surface area contributed by atoms with E-state index < -0.39 is 18.3 Å². The first kappa shape index (κ1) is 18.0. The highest BCUT2D eigenvalue weighted by Crippen LogP contribution is 2.22. The number of imidazole rings is 1. The third-order valence-electron chi connectivity index (χ3n) is 3.95. The summed E-state index contributed by atoms with van der Waals surface area (Å²) in [6.45, 7) is -0.387. The number of nitrogens with zero attached hydrogens (tertiary/aromatic N) is 5. The fourth-order valence-electron chi connectivity index (χ4n) is 2.48. The van der Waals surface area contributed by atoms with Gasteiger partial charge in [-0.1, -0.05) is 0 Å². The van der Waals surface area contributed by atoms with Crippen molar-refractivity contribution in [2.75, 3.05) is 11.9 Å². The van der Waals surface area contributed by atoms with E-state index in [1.54, 1.807) is 0 Å². The van der Waals surface area contributed by atoms with Crippen LogP contribution in [0.25, 0.3) is 11.7 Å². The van der Waals surface area contributed by atoms with Gasteiger partial charge in [0.15, 0.2) is 5.65 Å². The van der Waals surface area contributed by atoms with Gasteiger partial charge >= 0.3 is 11.9 Å². The van der Waals surface area contributed by atoms with Gasteiger partial charge in [-0.2, -0.15) is 32.8 Å². The lowest BCUT2D eigenvalue weighted by atomic mass is 10.3. The minimum atomic E-state index is -4.30. The maximum Gasteiger partial charge on any atom is 0.390 e. The normalized spacial score (nSPS) is 16.2. The van der Waals surface area contributed by atoms with Crippen LogP contribution in [0.15, 0.2) is 16.0 Å². The zero-order chi connectivity index (χ0) is 19.9. The van der Waals surface area contributed by atoms with E-state index in [2.05, 4.69) is 35.3 Å². The Morgan fingerprint density at radius 2 is 2.14 bits per heavy atom. The van der Waals surface area contributed by atoms with E-state index in [-0.39, 0.29) is 41.4 Å². The molecule has 0 spiro atoms. The summed E-state index contributed by atoms with van der Waals surface area (Å²) in [5, 5.41) is 16.9. The van der Waals surface area contributed by atoms with Crippen molar-refractivity contribution < 1.29 is 18.3 Å². The minimum Gasteiger partial charge on any atom is -0.493 e. The summed E-state index contributed by atoms with van der Waals surface area (Å²) in [6.07, 6.45) is -0.663. The van der Waals surface area contributed by atoms with Gasteiger partial charge in [0.05, 0.1) is 18.7 Å². The molecule has 10 nitrogen and oxygen atoms in total. The van der Waals surface area contributed by atoms with Crippen molar-refractivity contribution >= 4 is 17.7 Å². The first-order valence-corrected chi connectivity index (χ1v) is 8.42. The van der Waals surface area contributed by atoms with Crippen molar-refractivity contribution in [3.05, 3.63) is 33.2 Å². The Morgan fingerprint density at radius 3 is 2.79 bits per heavy atom. The zero-order valence-corrected chi connectivity index (χ0v) is 14.3. The molecule has 4 rings (SSSR count). The van der Waals surface area contributed by atoms with Crippen LogP contribution in [0.2, 0.25) is 0 Å². The van der Waals surface area contributed by atoms with E-state index in [9.17, 15) is 23.1 Å². The Hall–Kier alpha value is -3.38. The standard InChI is InChI=1S/C15H15F3N8O2/c16-15(17,18)3-4-19-12-23-10-7(5-9-11(27)24-14(28)22-9)6-20-26(10)13(25-12)21-8-1-2-8/h5-6,8,27H,1-4H2,(H,19,21,25)(H2,22,24,28)/b7-5+. The summed E-state index contributed by atoms with van der Waals surface area (Å²) in [6, 6.07) is 0.0998. The number of alkyl halides is 3. The molecule has 1 fully saturated rings. The highest BCUT2D eigenvalue weighted by Gasteiger charge is 2.26. The van der Waals surface area contributed by atoms with Crippen molar-refractivity contribution in [2.45, 2.75) is 31.5 Å². The van der Waals surface area contributed by atoms with Crippen LogP contribution >= 0.6 is 0 Å². The van der Waals surface area contributed by atoms with Crippen molar-refractivity contribution in [2.24, 2.45) is 4.99 Å². The smallest absolute Gasteiger partial charge is 0.390 e. The van der Waals surface area contributed by atoms with E-state index in [4.69, 9.17) is 0 Å². The quantitative estimate of drug-likeness (QED) is 0.472. The maximum absolute atomic E-state index is 12.4. The van der Waals surface area contributed by atoms with E-state index in [0.717, 1.165) is 12.8 Å². The van der Waals surface area contributed by atoms with E-state index in [1.165, 1.54) is 16.8 Å². The predicted molar refractivity (Wildman–Crippen MR) is 90.4 cm³/mol. The number of aromatic hydroxyl groups is 1. The van der Waals surface area contributed by atoms with Gasteiger partial charge in [-0.25, -0.2) is 9.79 Å². The molecule has 0 amide bonds. The van der Waals surface area contributed by atoms with Gasteiger partial charge in [-0.05, 0) is 18.9 Å². The minimum absolute atomic E-state index is 0.0157. The molecule has 0 unspecified atom stereocenters. The number of rotatable bonds is 5. The first-order chi connectivity index (χ1) is 13.3. The second kappa shape index (κ2) is 6.65. The maximum atomic E-state index is 12.4. The van der Waals surface area contributed by atoms with Gasteiger partial charge in [-0.15, -0.1) is 0 Å². The Labute approximate surface area is 153 Å². The molecule has 1 saturated carbocycles. The molecule has 3 aromatic rings. The van der Waals surface area contributed by atoms with Crippen molar-refractivity contribution in [3.8, 4) is 5.88 Å². The topological polar surface area (TPSA) is 136 Å². The van der Waals surface area contributed by atoms with Gasteiger partial charge in [0.1, 0.15) is 5.69 Å². The molecule has 0 radical (unpaired) electrons. The molecule has 13 heteroatoms. The summed E-state index contributed by atoms with van der Waals surface area (Å²) in [7, 11) is 0. The van der Waals surface area contributed by atoms with Gasteiger partial charge < -0.3 is 15.4 Å². The highest BCUT2D eigenvalue weighted by atomic mass is 19.4. The summed E-state index contributed by atoms with van der Waals surface area (Å²) < 4.78 is 38.5. The molecule has 0 saturated heterocycles. The monoisotopic (exact) mass is 396 g/mol. The second-order valence-corrected chi connectivity index (χ2v) is 6.32. The molecule has 28 heavy (non-hydrogen) atoms. The summed E-state index contributed by atoms with van der Waals surface area (Å²) in [5.41, 5.74) is 0.0124. The lowest BCUT2D eigenvalue weighted by Crippen LogP contribution is -2.25. The number of anilines is 1. The van der Waals surface area contributed by atoms with Gasteiger partial charge in [-0.3, -0.25) is 4.98 Å². The summed E-state index contributed by atoms with van der Waals surface area (Å²) in [4.78, 5) is 28.7. The van der Waals surface area contributed by atoms with Crippen molar-refractivity contribution in [3.63, 3.8) is 0 Å². The number of H-pyrrole nitrogens is 2. The van der Waals surface area contributed by atoms with Crippen LogP contribution in [0.5, 0.6) is 5.88 Å². The fraction of sp³-hybridized carbons (Fsp3) is 0.400. The Balaban J connectivity index is 1.79. The first-order valence-electron chi connectivity index (χ1n) is 8.42. The van der Waals surface area contributed by atoms with Gasteiger partial charge in [0.25, 0.3) is 5.62 Å². The number of hydrogen-bond acceptors (Lipinski definition) is 7. The molecule has 0 atom stereocenters. The van der Waals surface area contributed by atoms with Crippen molar-refractivity contribution in [1.29, 1.82) is 0 Å². The van der Waals surface area contributed by atoms with E-state index in [1.807, 2.05) is 0 Å². The Morgan fingerprint density at radius 1 is 1.36 bits per heavy atom. The molecule has 4 N–H and O–H groups in total. The van der Waals surface area contributed by atoms with Crippen LogP contribution in [0, 0.1) is 0 Å². The lowest BCUT2D eigenvalue weighted by molar-refractivity contribution is -0.131. The largest absolute Gasteiger partial charge is 0.493 e. The number of aromatic nitrogens is 6. The molecule has 3 heterocycles. The average molecular weight is 396 g/mol. The van der Waals surface area contributed by atoms with E-state index in [0.29, 0.717) is 5.22 Å². The fourth-order valence-corrected chi connectivity index (χ4v) is 2.48. The molecule has 0 bridgehead atoms. The molecule has 1 aliphatic rings. The van der Waals surface area contributed by atoms with Crippen LogP contribution in [0.4, 0.5) is 19.1 Å². The average Bonchev–Trinajstić information content (AvgIpc) is 3.23. The molecular formula is C15H15F3N8O2. The number of hydrogen-bond donors (Lipinski definition) is 4. The van der Waals surface area contributed by atoms with Crippen LogP contribution in [-0.2, 0) is 0 Å². The van der Waals surface area contributed by atoms with Gasteiger partial charge in [0, 0.05) is 11.8 Å². The number of nitrogens with one attached hydrogen (secondary N) is 3. The van der Waals surface area contributed by atoms with Gasteiger partial charge in [0.2, 0.25) is 11.8 Å². The summed E-state index contributed by atoms with van der Waals surface area (Å²) in [5.74, 6) is -0.372.